The third-order valence-electron chi connectivity index (χ3n) is 4.36. The summed E-state index contributed by atoms with van der Waals surface area (Å²) in [5.74, 6) is 0.780. The van der Waals surface area contributed by atoms with Crippen molar-refractivity contribution in [2.24, 2.45) is 5.92 Å². The fourth-order valence-electron chi connectivity index (χ4n) is 3.19. The molecule has 0 aromatic carbocycles. The summed E-state index contributed by atoms with van der Waals surface area (Å²) in [5, 5.41) is 3.20. The van der Waals surface area contributed by atoms with E-state index in [1.165, 1.54) is 19.3 Å². The number of nitrogens with zero attached hydrogens (tertiary/aromatic N) is 1. The van der Waals surface area contributed by atoms with Crippen LogP contribution >= 0.6 is 0 Å². The molecule has 4 nitrogen and oxygen atoms in total. The lowest BCUT2D eigenvalue weighted by Crippen LogP contribution is -2.48. The van der Waals surface area contributed by atoms with Crippen LogP contribution in [-0.2, 0) is 10.0 Å². The number of hydrogen-bond donors (Lipinski definition) is 1. The molecule has 18 heavy (non-hydrogen) atoms. The van der Waals surface area contributed by atoms with Crippen LogP contribution in [-0.4, -0.2) is 44.7 Å². The van der Waals surface area contributed by atoms with Crippen molar-refractivity contribution in [1.29, 1.82) is 0 Å². The lowest BCUT2D eigenvalue weighted by Gasteiger charge is -2.33. The largest absolute Gasteiger partial charge is 0.316 e. The normalized spacial score (nSPS) is 28.4. The summed E-state index contributed by atoms with van der Waals surface area (Å²) in [6.45, 7) is 1.37. The van der Waals surface area contributed by atoms with Gasteiger partial charge in [-0.2, -0.15) is 0 Å². The van der Waals surface area contributed by atoms with Gasteiger partial charge in [-0.15, -0.1) is 0 Å². The molecule has 106 valence electrons. The molecule has 2 rings (SSSR count). The van der Waals surface area contributed by atoms with Crippen LogP contribution in [0, 0.1) is 5.92 Å². The van der Waals surface area contributed by atoms with Gasteiger partial charge in [0.2, 0.25) is 10.0 Å². The summed E-state index contributed by atoms with van der Waals surface area (Å²) >= 11 is 0. The van der Waals surface area contributed by atoms with Crippen molar-refractivity contribution in [3.63, 3.8) is 0 Å². The molecule has 5 heteroatoms. The zero-order valence-electron chi connectivity index (χ0n) is 11.4. The van der Waals surface area contributed by atoms with E-state index in [1.807, 2.05) is 7.05 Å². The van der Waals surface area contributed by atoms with E-state index < -0.39 is 10.0 Å². The second-order valence-electron chi connectivity index (χ2n) is 5.77. The summed E-state index contributed by atoms with van der Waals surface area (Å²) in [6.07, 6.45) is 7.97. The first kappa shape index (κ1) is 14.3. The molecule has 0 radical (unpaired) electrons. The monoisotopic (exact) mass is 274 g/mol. The van der Waals surface area contributed by atoms with Crippen LogP contribution in [0.5, 0.6) is 0 Å². The highest BCUT2D eigenvalue weighted by Gasteiger charge is 2.30. The van der Waals surface area contributed by atoms with Crippen molar-refractivity contribution < 1.29 is 8.42 Å². The lowest BCUT2D eigenvalue weighted by molar-refractivity contribution is 0.288. The van der Waals surface area contributed by atoms with Gasteiger partial charge in [-0.1, -0.05) is 19.3 Å². The smallest absolute Gasteiger partial charge is 0.214 e. The van der Waals surface area contributed by atoms with Crippen LogP contribution in [0.2, 0.25) is 0 Å². The van der Waals surface area contributed by atoms with Gasteiger partial charge in [-0.05, 0) is 38.6 Å². The van der Waals surface area contributed by atoms with Gasteiger partial charge in [0.1, 0.15) is 0 Å². The van der Waals surface area contributed by atoms with E-state index in [-0.39, 0.29) is 0 Å². The number of hydrogen-bond acceptors (Lipinski definition) is 3. The van der Waals surface area contributed by atoms with Gasteiger partial charge in [-0.25, -0.2) is 12.7 Å². The minimum absolute atomic E-state index is 0.333. The SMILES string of the molecule is CNC1CCCN(S(=O)(=O)CC2CCCCC2)C1. The summed E-state index contributed by atoms with van der Waals surface area (Å²) in [7, 11) is -1.11. The highest BCUT2D eigenvalue weighted by Crippen LogP contribution is 2.26. The standard InChI is InChI=1S/C13H26N2O2S/c1-14-13-8-5-9-15(10-13)18(16,17)11-12-6-3-2-4-7-12/h12-14H,2-11H2,1H3. The zero-order chi connectivity index (χ0) is 13.0. The molecule has 1 heterocycles. The van der Waals surface area contributed by atoms with Gasteiger partial charge in [0, 0.05) is 19.1 Å². The Morgan fingerprint density at radius 1 is 1.11 bits per heavy atom. The van der Waals surface area contributed by atoms with Gasteiger partial charge >= 0.3 is 0 Å². The van der Waals surface area contributed by atoms with E-state index in [2.05, 4.69) is 5.32 Å². The summed E-state index contributed by atoms with van der Waals surface area (Å²) < 4.78 is 26.5. The molecule has 1 N–H and O–H groups in total. The molecule has 0 amide bonds. The summed E-state index contributed by atoms with van der Waals surface area (Å²) in [4.78, 5) is 0. The highest BCUT2D eigenvalue weighted by molar-refractivity contribution is 7.89. The molecular weight excluding hydrogens is 248 g/mol. The zero-order valence-corrected chi connectivity index (χ0v) is 12.2. The maximum absolute atomic E-state index is 12.4. The van der Waals surface area contributed by atoms with Crippen molar-refractivity contribution in [2.45, 2.75) is 51.0 Å². The molecule has 1 atom stereocenters. The number of rotatable bonds is 4. The first-order valence-corrected chi connectivity index (χ1v) is 8.88. The maximum Gasteiger partial charge on any atom is 0.214 e. The molecule has 0 spiro atoms. The van der Waals surface area contributed by atoms with Crippen LogP contribution in [0.25, 0.3) is 0 Å². The number of likely N-dealkylation sites (N-methyl/N-ethyl adjacent to an activating group) is 1. The Labute approximate surface area is 111 Å². The van der Waals surface area contributed by atoms with Crippen LogP contribution in [0.3, 0.4) is 0 Å². The van der Waals surface area contributed by atoms with Crippen molar-refractivity contribution in [3.05, 3.63) is 0 Å². The van der Waals surface area contributed by atoms with Gasteiger partial charge in [0.05, 0.1) is 5.75 Å². The van der Waals surface area contributed by atoms with Gasteiger partial charge in [-0.3, -0.25) is 0 Å². The van der Waals surface area contributed by atoms with Crippen LogP contribution in [0.15, 0.2) is 0 Å². The lowest BCUT2D eigenvalue weighted by atomic mass is 9.91. The Bertz CT molecular complexity index is 350. The molecule has 0 bridgehead atoms. The van der Waals surface area contributed by atoms with Crippen molar-refractivity contribution in [3.8, 4) is 0 Å². The Hall–Kier alpha value is -0.130. The molecule has 1 aliphatic carbocycles. The summed E-state index contributed by atoms with van der Waals surface area (Å²) in [5.41, 5.74) is 0. The number of piperidine rings is 1. The van der Waals surface area contributed by atoms with Crippen molar-refractivity contribution in [2.75, 3.05) is 25.9 Å². The number of sulfonamides is 1. The van der Waals surface area contributed by atoms with Crippen molar-refractivity contribution >= 4 is 10.0 Å². The van der Waals surface area contributed by atoms with Crippen LogP contribution < -0.4 is 5.32 Å². The van der Waals surface area contributed by atoms with Crippen molar-refractivity contribution in [1.82, 2.24) is 9.62 Å². The predicted molar refractivity (Wildman–Crippen MR) is 74.0 cm³/mol. The maximum atomic E-state index is 12.4. The summed E-state index contributed by atoms with van der Waals surface area (Å²) in [6, 6.07) is 0.333. The highest BCUT2D eigenvalue weighted by atomic mass is 32.2. The second-order valence-corrected chi connectivity index (χ2v) is 7.78. The third kappa shape index (κ3) is 3.68. The van der Waals surface area contributed by atoms with E-state index in [9.17, 15) is 8.42 Å². The molecule has 1 unspecified atom stereocenters. The molecule has 0 aromatic heterocycles. The molecule has 0 aromatic rings. The molecule has 1 aliphatic heterocycles. The van der Waals surface area contributed by atoms with Gasteiger partial charge in [0.25, 0.3) is 0 Å². The van der Waals surface area contributed by atoms with Crippen LogP contribution in [0.4, 0.5) is 0 Å². The van der Waals surface area contributed by atoms with E-state index in [4.69, 9.17) is 0 Å². The third-order valence-corrected chi connectivity index (χ3v) is 6.37. The topological polar surface area (TPSA) is 49.4 Å². The predicted octanol–water partition coefficient (Wildman–Crippen LogP) is 1.58. The first-order chi connectivity index (χ1) is 8.62. The van der Waals surface area contributed by atoms with E-state index in [0.717, 1.165) is 25.7 Å². The molecule has 1 saturated heterocycles. The van der Waals surface area contributed by atoms with Gasteiger partial charge in [0.15, 0.2) is 0 Å². The average molecular weight is 274 g/mol. The average Bonchev–Trinajstić information content (AvgIpc) is 2.39. The first-order valence-electron chi connectivity index (χ1n) is 7.27. The molecule has 2 fully saturated rings. The minimum Gasteiger partial charge on any atom is -0.316 e. The minimum atomic E-state index is -3.03. The van der Waals surface area contributed by atoms with Gasteiger partial charge < -0.3 is 5.32 Å². The Kier molecular flexibility index (Phi) is 5.04. The Morgan fingerprint density at radius 2 is 1.83 bits per heavy atom. The molecule has 1 saturated carbocycles. The van der Waals surface area contributed by atoms with E-state index in [0.29, 0.717) is 30.8 Å². The van der Waals surface area contributed by atoms with E-state index >= 15 is 0 Å². The Balaban J connectivity index is 1.92. The number of nitrogens with one attached hydrogen (secondary N) is 1. The quantitative estimate of drug-likeness (QED) is 0.847. The Morgan fingerprint density at radius 3 is 2.50 bits per heavy atom. The fraction of sp³-hybridized carbons (Fsp3) is 1.00. The molecular formula is C13H26N2O2S. The van der Waals surface area contributed by atoms with Crippen LogP contribution in [0.1, 0.15) is 44.9 Å². The second kappa shape index (κ2) is 6.35. The molecule has 2 aliphatic rings. The van der Waals surface area contributed by atoms with E-state index in [1.54, 1.807) is 4.31 Å². The fourth-order valence-corrected chi connectivity index (χ4v) is 5.14.